The standard InChI is InChI=1S/C11H20O.C10H13NO3S.C10H18O.C8H18.CH4/c1-9(2)10(12)8-11(3)6-4-5-7-11;1-8(2)10(12)11-15(13,14)9-6-4-3-5-7-9;1-8(2)9(11)7-10(3)5-4-6-10;1-7(2)6-8(3,4)5;/h9H,4-8H2,1-3H3;3-8H,1-2H3,(H,11,12);8H,4-7H2,1-3H3;7H,6H2,1-5H3;1H4. The van der Waals surface area contributed by atoms with Gasteiger partial charge in [-0.15, -0.1) is 0 Å². The molecule has 1 aromatic carbocycles. The van der Waals surface area contributed by atoms with Crippen LogP contribution in [0, 0.1) is 39.9 Å². The molecular formula is C40H73NO5S. The normalized spacial score (nSPS) is 16.4. The van der Waals surface area contributed by atoms with E-state index in [0.29, 0.717) is 27.8 Å². The molecule has 0 unspecified atom stereocenters. The summed E-state index contributed by atoms with van der Waals surface area (Å²) in [4.78, 5) is 34.2. The molecule has 47 heavy (non-hydrogen) atoms. The summed E-state index contributed by atoms with van der Waals surface area (Å²) < 4.78 is 25.2. The Morgan fingerprint density at radius 1 is 0.702 bits per heavy atom. The van der Waals surface area contributed by atoms with Gasteiger partial charge in [-0.3, -0.25) is 14.4 Å². The lowest BCUT2D eigenvalue weighted by molar-refractivity contribution is -0.125. The van der Waals surface area contributed by atoms with Gasteiger partial charge < -0.3 is 0 Å². The van der Waals surface area contributed by atoms with Gasteiger partial charge in [0.2, 0.25) is 5.91 Å². The molecule has 1 aromatic rings. The maximum atomic E-state index is 11.6. The van der Waals surface area contributed by atoms with Crippen molar-refractivity contribution in [3.05, 3.63) is 30.3 Å². The molecule has 0 spiro atoms. The van der Waals surface area contributed by atoms with Crippen LogP contribution in [0.1, 0.15) is 162 Å². The van der Waals surface area contributed by atoms with Crippen molar-refractivity contribution in [1.29, 1.82) is 0 Å². The average molecular weight is 680 g/mol. The monoisotopic (exact) mass is 680 g/mol. The summed E-state index contributed by atoms with van der Waals surface area (Å²) in [5.74, 6) is 1.32. The maximum Gasteiger partial charge on any atom is 0.264 e. The highest BCUT2D eigenvalue weighted by atomic mass is 32.2. The average Bonchev–Trinajstić information content (AvgIpc) is 3.33. The van der Waals surface area contributed by atoms with E-state index in [4.69, 9.17) is 0 Å². The fourth-order valence-electron chi connectivity index (χ4n) is 5.75. The van der Waals surface area contributed by atoms with Gasteiger partial charge in [-0.25, -0.2) is 13.1 Å². The van der Waals surface area contributed by atoms with E-state index in [0.717, 1.165) is 18.8 Å². The summed E-state index contributed by atoms with van der Waals surface area (Å²) >= 11 is 0. The zero-order valence-electron chi connectivity index (χ0n) is 31.7. The number of carbonyl (C=O) groups excluding carboxylic acids is 3. The SMILES string of the molecule is C.CC(C)C(=O)CC1(C)CCC1.CC(C)C(=O)CC1(C)CCCC1.CC(C)C(=O)NS(=O)(=O)c1ccccc1.CC(C)CC(C)(C)C. The van der Waals surface area contributed by atoms with E-state index in [9.17, 15) is 22.8 Å². The van der Waals surface area contributed by atoms with Crippen LogP contribution in [0.15, 0.2) is 35.2 Å². The van der Waals surface area contributed by atoms with Gasteiger partial charge in [0.25, 0.3) is 10.0 Å². The molecule has 0 saturated heterocycles. The van der Waals surface area contributed by atoms with Gasteiger partial charge in [0, 0.05) is 30.6 Å². The molecule has 3 rings (SSSR count). The molecule has 1 amide bonds. The Labute approximate surface area is 291 Å². The number of carbonyl (C=O) groups is 3. The van der Waals surface area contributed by atoms with Crippen LogP contribution in [0.25, 0.3) is 0 Å². The molecule has 1 N–H and O–H groups in total. The third-order valence-electron chi connectivity index (χ3n) is 8.69. The number of Topliss-reactive ketones (excluding diaryl/α,β-unsaturated/α-hetero) is 2. The van der Waals surface area contributed by atoms with Crippen molar-refractivity contribution in [2.45, 2.75) is 167 Å². The molecule has 0 bridgehead atoms. The Hall–Kier alpha value is -2.02. The van der Waals surface area contributed by atoms with Crippen molar-refractivity contribution in [2.24, 2.45) is 39.9 Å². The largest absolute Gasteiger partial charge is 0.299 e. The van der Waals surface area contributed by atoms with Crippen LogP contribution in [0.5, 0.6) is 0 Å². The number of benzene rings is 1. The Bertz CT molecular complexity index is 1150. The molecule has 2 fully saturated rings. The first-order chi connectivity index (χ1) is 20.9. The lowest BCUT2D eigenvalue weighted by Gasteiger charge is -2.38. The molecule has 0 aromatic heterocycles. The van der Waals surface area contributed by atoms with E-state index >= 15 is 0 Å². The molecule has 2 aliphatic rings. The van der Waals surface area contributed by atoms with Crippen LogP contribution >= 0.6 is 0 Å². The summed E-state index contributed by atoms with van der Waals surface area (Å²) in [6.45, 7) is 27.1. The van der Waals surface area contributed by atoms with Crippen LogP contribution in [-0.4, -0.2) is 25.9 Å². The number of rotatable bonds is 10. The molecule has 6 nitrogen and oxygen atoms in total. The third-order valence-corrected chi connectivity index (χ3v) is 10.1. The van der Waals surface area contributed by atoms with Gasteiger partial charge >= 0.3 is 0 Å². The quantitative estimate of drug-likeness (QED) is 0.265. The highest BCUT2D eigenvalue weighted by Crippen LogP contribution is 2.44. The zero-order valence-corrected chi connectivity index (χ0v) is 32.5. The van der Waals surface area contributed by atoms with Crippen molar-refractivity contribution in [2.75, 3.05) is 0 Å². The second-order valence-corrected chi connectivity index (χ2v) is 18.6. The highest BCUT2D eigenvalue weighted by molar-refractivity contribution is 7.90. The minimum absolute atomic E-state index is 0. The number of hydrogen-bond acceptors (Lipinski definition) is 5. The lowest BCUT2D eigenvalue weighted by Crippen LogP contribution is -2.33. The number of hydrogen-bond donors (Lipinski definition) is 1. The second-order valence-electron chi connectivity index (χ2n) is 16.9. The van der Waals surface area contributed by atoms with E-state index in [1.807, 2.05) is 32.4 Å². The first-order valence-electron chi connectivity index (χ1n) is 17.6. The summed E-state index contributed by atoms with van der Waals surface area (Å²) in [5.41, 5.74) is 1.25. The van der Waals surface area contributed by atoms with Gasteiger partial charge in [0.15, 0.2) is 0 Å². The minimum atomic E-state index is -3.70. The Morgan fingerprint density at radius 2 is 1.09 bits per heavy atom. The van der Waals surface area contributed by atoms with Crippen LogP contribution in [-0.2, 0) is 24.4 Å². The van der Waals surface area contributed by atoms with Crippen LogP contribution in [0.3, 0.4) is 0 Å². The van der Waals surface area contributed by atoms with E-state index in [2.05, 4.69) is 48.5 Å². The van der Waals surface area contributed by atoms with E-state index in [1.165, 1.54) is 63.5 Å². The predicted octanol–water partition coefficient (Wildman–Crippen LogP) is 10.8. The molecule has 0 aliphatic heterocycles. The summed E-state index contributed by atoms with van der Waals surface area (Å²) in [6.07, 6.45) is 11.9. The second kappa shape index (κ2) is 21.1. The Balaban J connectivity index is 0. The number of ketones is 2. The predicted molar refractivity (Wildman–Crippen MR) is 200 cm³/mol. The van der Waals surface area contributed by atoms with Gasteiger partial charge in [-0.2, -0.15) is 0 Å². The van der Waals surface area contributed by atoms with Crippen molar-refractivity contribution in [3.63, 3.8) is 0 Å². The van der Waals surface area contributed by atoms with Crippen molar-refractivity contribution in [3.8, 4) is 0 Å². The molecule has 0 radical (unpaired) electrons. The molecule has 2 aliphatic carbocycles. The third kappa shape index (κ3) is 20.8. The van der Waals surface area contributed by atoms with Crippen molar-refractivity contribution in [1.82, 2.24) is 4.72 Å². The number of sulfonamides is 1. The highest BCUT2D eigenvalue weighted by Gasteiger charge is 2.34. The summed E-state index contributed by atoms with van der Waals surface area (Å²) in [7, 11) is -3.70. The topological polar surface area (TPSA) is 97.4 Å². The fourth-order valence-corrected chi connectivity index (χ4v) is 6.88. The van der Waals surface area contributed by atoms with Gasteiger partial charge in [0.1, 0.15) is 11.6 Å². The maximum absolute atomic E-state index is 11.6. The van der Waals surface area contributed by atoms with Gasteiger partial charge in [-0.1, -0.05) is 135 Å². The summed E-state index contributed by atoms with van der Waals surface area (Å²) in [5, 5.41) is 0. The van der Waals surface area contributed by atoms with Crippen LogP contribution < -0.4 is 4.72 Å². The molecule has 0 atom stereocenters. The van der Waals surface area contributed by atoms with Crippen molar-refractivity contribution < 1.29 is 22.8 Å². The van der Waals surface area contributed by atoms with Gasteiger partial charge in [0.05, 0.1) is 4.90 Å². The molecule has 0 heterocycles. The zero-order chi connectivity index (χ0) is 35.9. The van der Waals surface area contributed by atoms with Crippen molar-refractivity contribution >= 4 is 27.5 Å². The smallest absolute Gasteiger partial charge is 0.264 e. The van der Waals surface area contributed by atoms with Crippen LogP contribution in [0.2, 0.25) is 0 Å². The Morgan fingerprint density at radius 3 is 1.34 bits per heavy atom. The first kappa shape index (κ1) is 47.1. The van der Waals surface area contributed by atoms with E-state index < -0.39 is 15.9 Å². The fraction of sp³-hybridized carbons (Fsp3) is 0.775. The number of amides is 1. The van der Waals surface area contributed by atoms with E-state index in [-0.39, 0.29) is 30.1 Å². The number of nitrogens with one attached hydrogen (secondary N) is 1. The van der Waals surface area contributed by atoms with Gasteiger partial charge in [-0.05, 0) is 66.4 Å². The molecule has 274 valence electrons. The van der Waals surface area contributed by atoms with E-state index in [1.54, 1.807) is 32.0 Å². The van der Waals surface area contributed by atoms with Crippen LogP contribution in [0.4, 0.5) is 0 Å². The Kier molecular flexibility index (Phi) is 21.2. The minimum Gasteiger partial charge on any atom is -0.299 e. The lowest BCUT2D eigenvalue weighted by atomic mass is 9.67. The molecule has 2 saturated carbocycles. The summed E-state index contributed by atoms with van der Waals surface area (Å²) in [6, 6.07) is 7.80. The molecular weight excluding hydrogens is 607 g/mol. The first-order valence-corrected chi connectivity index (χ1v) is 19.1. The molecule has 7 heteroatoms.